The number of unbranched alkanes of at least 4 members (excludes halogenated alkanes) is 5. The smallest absolute Gasteiger partial charge is 0.345 e. The van der Waals surface area contributed by atoms with Gasteiger partial charge < -0.3 is 9.84 Å². The molecule has 0 aromatic heterocycles. The number of esters is 1. The van der Waals surface area contributed by atoms with Crippen LogP contribution in [0.15, 0.2) is 11.3 Å². The van der Waals surface area contributed by atoms with Gasteiger partial charge in [-0.15, -0.1) is 0 Å². The van der Waals surface area contributed by atoms with E-state index in [1.165, 1.54) is 44.9 Å². The van der Waals surface area contributed by atoms with E-state index in [1.807, 2.05) is 0 Å². The predicted octanol–water partition coefficient (Wildman–Crippen LogP) is 4.48. The molecule has 2 unspecified atom stereocenters. The van der Waals surface area contributed by atoms with E-state index in [0.29, 0.717) is 6.42 Å². The van der Waals surface area contributed by atoms with E-state index in [0.717, 1.165) is 31.1 Å². The number of ketones is 1. The Morgan fingerprint density at radius 3 is 2.35 bits per heavy atom. The molecular weight excluding hydrogens is 292 g/mol. The number of carbonyl (C=O) groups excluding carboxylic acids is 2. The molecule has 1 aliphatic carbocycles. The molecule has 1 saturated carbocycles. The van der Waals surface area contributed by atoms with Crippen LogP contribution in [0.1, 0.15) is 77.6 Å². The molecule has 2 rings (SSSR count). The van der Waals surface area contributed by atoms with Crippen LogP contribution in [0.5, 0.6) is 0 Å². The molecule has 130 valence electrons. The van der Waals surface area contributed by atoms with E-state index in [1.54, 1.807) is 0 Å². The summed E-state index contributed by atoms with van der Waals surface area (Å²) in [6, 6.07) is 0. The van der Waals surface area contributed by atoms with Crippen LogP contribution >= 0.6 is 0 Å². The van der Waals surface area contributed by atoms with Crippen LogP contribution in [0.3, 0.4) is 0 Å². The Labute approximate surface area is 139 Å². The summed E-state index contributed by atoms with van der Waals surface area (Å²) < 4.78 is 4.61. The molecule has 1 aliphatic heterocycles. The lowest BCUT2D eigenvalue weighted by atomic mass is 10.0. The molecule has 4 nitrogen and oxygen atoms in total. The molecule has 0 radical (unpaired) electrons. The summed E-state index contributed by atoms with van der Waals surface area (Å²) in [5.41, 5.74) is -0.128. The molecule has 2 aliphatic rings. The number of rotatable bonds is 11. The van der Waals surface area contributed by atoms with Crippen LogP contribution in [0.25, 0.3) is 0 Å². The molecular formula is C19H30O4. The quantitative estimate of drug-likeness (QED) is 0.200. The van der Waals surface area contributed by atoms with Crippen molar-refractivity contribution < 1.29 is 19.4 Å². The first-order chi connectivity index (χ1) is 11.1. The zero-order valence-corrected chi connectivity index (χ0v) is 14.3. The first kappa shape index (κ1) is 18.0. The van der Waals surface area contributed by atoms with Gasteiger partial charge in [-0.05, 0) is 24.7 Å². The highest BCUT2D eigenvalue weighted by atomic mass is 16.5. The van der Waals surface area contributed by atoms with Crippen molar-refractivity contribution in [2.75, 3.05) is 6.61 Å². The largest absolute Gasteiger partial charge is 0.511 e. The average molecular weight is 322 g/mol. The molecule has 4 heteroatoms. The number of aliphatic hydroxyl groups excluding tert-OH is 1. The number of carbonyl (C=O) groups is 2. The van der Waals surface area contributed by atoms with Gasteiger partial charge >= 0.3 is 5.97 Å². The van der Waals surface area contributed by atoms with E-state index in [-0.39, 0.29) is 17.9 Å². The molecule has 0 spiro atoms. The molecule has 2 atom stereocenters. The Kier molecular flexibility index (Phi) is 7.13. The van der Waals surface area contributed by atoms with Crippen molar-refractivity contribution in [2.45, 2.75) is 77.6 Å². The van der Waals surface area contributed by atoms with Gasteiger partial charge in [0.2, 0.25) is 5.78 Å². The molecule has 0 amide bonds. The topological polar surface area (TPSA) is 63.6 Å². The maximum atomic E-state index is 11.4. The fourth-order valence-electron chi connectivity index (χ4n) is 3.51. The Bertz CT molecular complexity index is 434. The first-order valence-electron chi connectivity index (χ1n) is 9.26. The van der Waals surface area contributed by atoms with Gasteiger partial charge in [-0.25, -0.2) is 4.79 Å². The Morgan fingerprint density at radius 1 is 1.04 bits per heavy atom. The number of cyclic esters (lactones) is 1. The van der Waals surface area contributed by atoms with Crippen LogP contribution < -0.4 is 0 Å². The summed E-state index contributed by atoms with van der Waals surface area (Å²) in [6.07, 6.45) is 12.9. The third-order valence-electron chi connectivity index (χ3n) is 5.09. The van der Waals surface area contributed by atoms with E-state index in [4.69, 9.17) is 0 Å². The molecule has 0 aromatic rings. The number of aliphatic hydroxyl groups is 1. The normalized spacial score (nSPS) is 25.6. The maximum absolute atomic E-state index is 11.4. The molecule has 0 bridgehead atoms. The van der Waals surface area contributed by atoms with E-state index in [9.17, 15) is 14.7 Å². The van der Waals surface area contributed by atoms with Crippen molar-refractivity contribution in [1.29, 1.82) is 0 Å². The third kappa shape index (κ3) is 5.67. The fourth-order valence-corrected chi connectivity index (χ4v) is 3.51. The van der Waals surface area contributed by atoms with Crippen LogP contribution in [0, 0.1) is 11.8 Å². The van der Waals surface area contributed by atoms with Gasteiger partial charge in [-0.2, -0.15) is 0 Å². The second-order valence-electron chi connectivity index (χ2n) is 7.03. The van der Waals surface area contributed by atoms with Crippen molar-refractivity contribution in [3.63, 3.8) is 0 Å². The molecule has 1 heterocycles. The molecule has 1 saturated heterocycles. The average Bonchev–Trinajstić information content (AvgIpc) is 3.19. The first-order valence-corrected chi connectivity index (χ1v) is 9.26. The van der Waals surface area contributed by atoms with Crippen molar-refractivity contribution in [2.24, 2.45) is 11.8 Å². The highest BCUT2D eigenvalue weighted by Gasteiger charge is 2.35. The predicted molar refractivity (Wildman–Crippen MR) is 89.1 cm³/mol. The lowest BCUT2D eigenvalue weighted by Gasteiger charge is -2.03. The van der Waals surface area contributed by atoms with Crippen LogP contribution in [0.4, 0.5) is 0 Å². The van der Waals surface area contributed by atoms with E-state index in [2.05, 4.69) is 11.7 Å². The van der Waals surface area contributed by atoms with Gasteiger partial charge in [-0.1, -0.05) is 58.3 Å². The van der Waals surface area contributed by atoms with Gasteiger partial charge in [0, 0.05) is 6.42 Å². The van der Waals surface area contributed by atoms with Crippen molar-refractivity contribution in [3.8, 4) is 0 Å². The number of hydrogen-bond donors (Lipinski definition) is 1. The standard InChI is InChI=1S/C19H30O4/c1-2-3-9-14-12-15(14)10-7-5-4-6-8-11-16(20)18-17(21)13-23-19(18)22/h14-15,20H,2-13H2,1H3. The SMILES string of the molecule is CCCCC1CC1CCCCCCCC(O)=C1C(=O)COC1=O. The zero-order chi connectivity index (χ0) is 16.7. The summed E-state index contributed by atoms with van der Waals surface area (Å²) in [5, 5.41) is 9.83. The fraction of sp³-hybridized carbons (Fsp3) is 0.789. The third-order valence-corrected chi connectivity index (χ3v) is 5.09. The molecule has 23 heavy (non-hydrogen) atoms. The lowest BCUT2D eigenvalue weighted by molar-refractivity contribution is -0.135. The summed E-state index contributed by atoms with van der Waals surface area (Å²) >= 11 is 0. The van der Waals surface area contributed by atoms with Gasteiger partial charge in [0.25, 0.3) is 0 Å². The van der Waals surface area contributed by atoms with Crippen molar-refractivity contribution in [1.82, 2.24) is 0 Å². The summed E-state index contributed by atoms with van der Waals surface area (Å²) in [5.74, 6) is 0.857. The zero-order valence-electron chi connectivity index (χ0n) is 14.3. The minimum Gasteiger partial charge on any atom is -0.511 e. The van der Waals surface area contributed by atoms with Crippen molar-refractivity contribution >= 4 is 11.8 Å². The second-order valence-corrected chi connectivity index (χ2v) is 7.03. The van der Waals surface area contributed by atoms with E-state index >= 15 is 0 Å². The monoisotopic (exact) mass is 322 g/mol. The number of allylic oxidation sites excluding steroid dienone is 1. The van der Waals surface area contributed by atoms with Crippen molar-refractivity contribution in [3.05, 3.63) is 11.3 Å². The van der Waals surface area contributed by atoms with Gasteiger partial charge in [-0.3, -0.25) is 4.79 Å². The van der Waals surface area contributed by atoms with Gasteiger partial charge in [0.1, 0.15) is 11.3 Å². The second kappa shape index (κ2) is 9.09. The van der Waals surface area contributed by atoms with Gasteiger partial charge in [0.05, 0.1) is 0 Å². The Morgan fingerprint density at radius 2 is 1.70 bits per heavy atom. The van der Waals surface area contributed by atoms with E-state index < -0.39 is 11.8 Å². The summed E-state index contributed by atoms with van der Waals surface area (Å²) in [4.78, 5) is 22.7. The minimum atomic E-state index is -0.672. The lowest BCUT2D eigenvalue weighted by Crippen LogP contribution is -2.05. The van der Waals surface area contributed by atoms with Crippen LogP contribution in [-0.2, 0) is 14.3 Å². The Hall–Kier alpha value is -1.32. The molecule has 2 fully saturated rings. The summed E-state index contributed by atoms with van der Waals surface area (Å²) in [6.45, 7) is 2.04. The van der Waals surface area contributed by atoms with Gasteiger partial charge in [0.15, 0.2) is 6.61 Å². The number of hydrogen-bond acceptors (Lipinski definition) is 4. The number of ether oxygens (including phenoxy) is 1. The minimum absolute atomic E-state index is 0.0887. The highest BCUT2D eigenvalue weighted by molar-refractivity contribution is 6.22. The summed E-state index contributed by atoms with van der Waals surface area (Å²) in [7, 11) is 0. The Balaban J connectivity index is 1.48. The molecule has 0 aromatic carbocycles. The molecule has 1 N–H and O–H groups in total. The number of Topliss-reactive ketones (excluding diaryl/α,β-unsaturated/α-hetero) is 1. The maximum Gasteiger partial charge on any atom is 0.345 e. The van der Waals surface area contributed by atoms with Crippen LogP contribution in [-0.4, -0.2) is 23.5 Å². The van der Waals surface area contributed by atoms with Crippen LogP contribution in [0.2, 0.25) is 0 Å². The highest BCUT2D eigenvalue weighted by Crippen LogP contribution is 2.45.